The molecule has 1 aliphatic heterocycles. The van der Waals surface area contributed by atoms with E-state index in [9.17, 15) is 4.79 Å². The molecule has 2 aromatic heterocycles. The van der Waals surface area contributed by atoms with E-state index >= 15 is 0 Å². The van der Waals surface area contributed by atoms with Gasteiger partial charge in [0.1, 0.15) is 11.3 Å². The van der Waals surface area contributed by atoms with Gasteiger partial charge in [-0.05, 0) is 44.2 Å². The summed E-state index contributed by atoms with van der Waals surface area (Å²) in [5, 5.41) is 9.38. The van der Waals surface area contributed by atoms with E-state index in [1.807, 2.05) is 42.5 Å². The summed E-state index contributed by atoms with van der Waals surface area (Å²) in [5.41, 5.74) is 4.00. The zero-order valence-corrected chi connectivity index (χ0v) is 24.4. The predicted molar refractivity (Wildman–Crippen MR) is 162 cm³/mol. The van der Waals surface area contributed by atoms with Gasteiger partial charge in [0.25, 0.3) is 0 Å². The van der Waals surface area contributed by atoms with Crippen LogP contribution in [-0.4, -0.2) is 94.0 Å². The van der Waals surface area contributed by atoms with Crippen molar-refractivity contribution in [3.05, 3.63) is 65.1 Å². The molecule has 0 radical (unpaired) electrons. The van der Waals surface area contributed by atoms with Crippen molar-refractivity contribution in [2.75, 3.05) is 88.8 Å². The highest BCUT2D eigenvalue weighted by Gasteiger charge is 2.14. The van der Waals surface area contributed by atoms with Crippen LogP contribution in [0.25, 0.3) is 27.9 Å². The van der Waals surface area contributed by atoms with Crippen molar-refractivity contribution in [3.63, 3.8) is 0 Å². The Hall–Kier alpha value is -3.77. The van der Waals surface area contributed by atoms with Gasteiger partial charge in [-0.2, -0.15) is 0 Å². The molecule has 3 heterocycles. The molecule has 0 amide bonds. The fourth-order valence-corrected chi connectivity index (χ4v) is 4.87. The van der Waals surface area contributed by atoms with E-state index in [1.165, 1.54) is 4.68 Å². The van der Waals surface area contributed by atoms with Gasteiger partial charge in [-0.15, -0.1) is 5.10 Å². The Labute approximate surface area is 245 Å². The number of aromatic nitrogens is 3. The Balaban J connectivity index is 1.29. The van der Waals surface area contributed by atoms with Gasteiger partial charge >= 0.3 is 5.63 Å². The topological polar surface area (TPSA) is 104 Å². The van der Waals surface area contributed by atoms with Gasteiger partial charge < -0.3 is 33.2 Å². The standard InChI is InChI=1S/C31H39N5O6/c1-3-34(4-2)27-10-7-25-21-29(31(37)42-30(25)22-27)36-23-28(32-33-36)24-5-8-26(9-6-24)35-11-13-38-15-17-40-19-20-41-18-16-39-14-12-35/h5-10,21-23H,3-4,11-20H2,1-2H3. The molecular formula is C31H39N5O6. The summed E-state index contributed by atoms with van der Waals surface area (Å²) in [6, 6.07) is 15.8. The van der Waals surface area contributed by atoms with Crippen molar-refractivity contribution >= 4 is 22.3 Å². The van der Waals surface area contributed by atoms with Gasteiger partial charge in [-0.3, -0.25) is 0 Å². The molecule has 2 aromatic carbocycles. The van der Waals surface area contributed by atoms with Crippen molar-refractivity contribution in [3.8, 4) is 16.9 Å². The molecule has 11 heteroatoms. The molecule has 0 atom stereocenters. The van der Waals surface area contributed by atoms with Crippen molar-refractivity contribution < 1.29 is 23.4 Å². The van der Waals surface area contributed by atoms with E-state index in [4.69, 9.17) is 23.4 Å². The molecule has 1 fully saturated rings. The lowest BCUT2D eigenvalue weighted by Crippen LogP contribution is -2.31. The molecule has 11 nitrogen and oxygen atoms in total. The molecule has 0 aliphatic carbocycles. The smallest absolute Gasteiger partial charge is 0.362 e. The summed E-state index contributed by atoms with van der Waals surface area (Å²) in [7, 11) is 0. The number of anilines is 2. The van der Waals surface area contributed by atoms with E-state index in [2.05, 4.69) is 34.0 Å². The van der Waals surface area contributed by atoms with Gasteiger partial charge in [0, 0.05) is 54.6 Å². The maximum absolute atomic E-state index is 12.9. The third kappa shape index (κ3) is 7.54. The average Bonchev–Trinajstić information content (AvgIpc) is 3.50. The normalized spacial score (nSPS) is 16.2. The monoisotopic (exact) mass is 577 g/mol. The number of ether oxygens (including phenoxy) is 4. The van der Waals surface area contributed by atoms with E-state index in [0.29, 0.717) is 69.8 Å². The fourth-order valence-electron chi connectivity index (χ4n) is 4.87. The van der Waals surface area contributed by atoms with Gasteiger partial charge in [-0.1, -0.05) is 17.3 Å². The molecule has 1 saturated heterocycles. The zero-order valence-electron chi connectivity index (χ0n) is 24.4. The van der Waals surface area contributed by atoms with Crippen LogP contribution in [0.1, 0.15) is 13.8 Å². The number of benzene rings is 2. The first kappa shape index (κ1) is 29.7. The highest BCUT2D eigenvalue weighted by Crippen LogP contribution is 2.25. The van der Waals surface area contributed by atoms with Gasteiger partial charge in [-0.25, -0.2) is 9.48 Å². The summed E-state index contributed by atoms with van der Waals surface area (Å²) in [4.78, 5) is 17.3. The SMILES string of the molecule is CCN(CC)c1ccc2cc(-n3cc(-c4ccc(N5CCOCCOCCOCCOCC5)cc4)nn3)c(=O)oc2c1. The Morgan fingerprint density at radius 2 is 1.40 bits per heavy atom. The van der Waals surface area contributed by atoms with Crippen molar-refractivity contribution in [2.45, 2.75) is 13.8 Å². The summed E-state index contributed by atoms with van der Waals surface area (Å²) >= 11 is 0. The minimum absolute atomic E-state index is 0.311. The second-order valence-electron chi connectivity index (χ2n) is 9.85. The molecule has 0 saturated carbocycles. The molecule has 224 valence electrons. The van der Waals surface area contributed by atoms with Crippen LogP contribution < -0.4 is 15.4 Å². The van der Waals surface area contributed by atoms with Crippen LogP contribution in [0.4, 0.5) is 11.4 Å². The highest BCUT2D eigenvalue weighted by atomic mass is 16.6. The quantitative estimate of drug-likeness (QED) is 0.315. The van der Waals surface area contributed by atoms with E-state index in [0.717, 1.165) is 48.5 Å². The van der Waals surface area contributed by atoms with E-state index in [-0.39, 0.29) is 0 Å². The zero-order chi connectivity index (χ0) is 29.1. The number of hydrogen-bond donors (Lipinski definition) is 0. The average molecular weight is 578 g/mol. The molecule has 0 spiro atoms. The lowest BCUT2D eigenvalue weighted by atomic mass is 10.1. The van der Waals surface area contributed by atoms with Crippen LogP contribution in [0.5, 0.6) is 0 Å². The maximum Gasteiger partial charge on any atom is 0.362 e. The van der Waals surface area contributed by atoms with Crippen molar-refractivity contribution in [1.29, 1.82) is 0 Å². The molecule has 0 bridgehead atoms. The summed E-state index contributed by atoms with van der Waals surface area (Å²) in [6.07, 6.45) is 1.74. The molecule has 0 unspecified atom stereocenters. The van der Waals surface area contributed by atoms with Crippen molar-refractivity contribution in [1.82, 2.24) is 15.0 Å². The highest BCUT2D eigenvalue weighted by molar-refractivity contribution is 5.82. The summed E-state index contributed by atoms with van der Waals surface area (Å²) in [5.74, 6) is 0. The van der Waals surface area contributed by atoms with E-state index in [1.54, 1.807) is 12.3 Å². The Morgan fingerprint density at radius 1 is 0.786 bits per heavy atom. The first-order chi connectivity index (χ1) is 20.7. The van der Waals surface area contributed by atoms with Crippen LogP contribution in [0, 0.1) is 0 Å². The minimum Gasteiger partial charge on any atom is -0.421 e. The second-order valence-corrected chi connectivity index (χ2v) is 9.85. The minimum atomic E-state index is -0.467. The molecular weight excluding hydrogens is 538 g/mol. The summed E-state index contributed by atoms with van der Waals surface area (Å²) < 4.78 is 29.7. The van der Waals surface area contributed by atoms with Crippen LogP contribution in [-0.2, 0) is 18.9 Å². The number of hydrogen-bond acceptors (Lipinski definition) is 10. The Morgan fingerprint density at radius 3 is 2.02 bits per heavy atom. The maximum atomic E-state index is 12.9. The molecule has 42 heavy (non-hydrogen) atoms. The first-order valence-corrected chi connectivity index (χ1v) is 14.6. The van der Waals surface area contributed by atoms with Crippen LogP contribution in [0.15, 0.2) is 63.9 Å². The molecule has 4 aromatic rings. The third-order valence-corrected chi connectivity index (χ3v) is 7.23. The number of nitrogens with zero attached hydrogens (tertiary/aromatic N) is 5. The van der Waals surface area contributed by atoms with Gasteiger partial charge in [0.2, 0.25) is 0 Å². The molecule has 5 rings (SSSR count). The van der Waals surface area contributed by atoms with Crippen molar-refractivity contribution in [2.24, 2.45) is 0 Å². The Bertz CT molecular complexity index is 1450. The molecule has 1 aliphatic rings. The Kier molecular flexibility index (Phi) is 10.6. The predicted octanol–water partition coefficient (Wildman–Crippen LogP) is 3.77. The largest absolute Gasteiger partial charge is 0.421 e. The number of rotatable bonds is 6. The summed E-state index contributed by atoms with van der Waals surface area (Å²) in [6.45, 7) is 11.9. The molecule has 0 N–H and O–H groups in total. The lowest BCUT2D eigenvalue weighted by molar-refractivity contribution is 0.00206. The number of fused-ring (bicyclic) bond motifs is 1. The van der Waals surface area contributed by atoms with Gasteiger partial charge in [0.15, 0.2) is 5.69 Å². The lowest BCUT2D eigenvalue weighted by Gasteiger charge is -2.25. The second kappa shape index (κ2) is 14.9. The third-order valence-electron chi connectivity index (χ3n) is 7.23. The first-order valence-electron chi connectivity index (χ1n) is 14.6. The fraction of sp³-hybridized carbons (Fsp3) is 0.452. The van der Waals surface area contributed by atoms with Crippen LogP contribution >= 0.6 is 0 Å². The van der Waals surface area contributed by atoms with Gasteiger partial charge in [0.05, 0.1) is 59.1 Å². The van der Waals surface area contributed by atoms with E-state index < -0.39 is 5.63 Å². The van der Waals surface area contributed by atoms with Crippen LogP contribution in [0.3, 0.4) is 0 Å². The van der Waals surface area contributed by atoms with Crippen LogP contribution in [0.2, 0.25) is 0 Å².